The van der Waals surface area contributed by atoms with E-state index in [1.54, 1.807) is 7.05 Å². The fraction of sp³-hybridized carbons (Fsp3) is 0.222. The summed E-state index contributed by atoms with van der Waals surface area (Å²) in [6, 6.07) is 13.2. The largest absolute Gasteiger partial charge is 0.454 e. The number of fused-ring (bicyclic) bond motifs is 2. The summed E-state index contributed by atoms with van der Waals surface area (Å²) in [4.78, 5) is 21.3. The summed E-state index contributed by atoms with van der Waals surface area (Å²) in [5.41, 5.74) is 2.55. The molecule has 4 rings (SSSR count). The number of aromatic nitrogens is 2. The summed E-state index contributed by atoms with van der Waals surface area (Å²) in [7, 11) is 1.67. The van der Waals surface area contributed by atoms with E-state index in [9.17, 15) is 4.79 Å². The Hall–Kier alpha value is -3.22. The number of nitrogens with one attached hydrogen (secondary N) is 1. The van der Waals surface area contributed by atoms with E-state index < -0.39 is 6.09 Å². The molecule has 25 heavy (non-hydrogen) atoms. The number of H-pyrrole nitrogens is 1. The second kappa shape index (κ2) is 6.35. The van der Waals surface area contributed by atoms with Crippen LogP contribution in [-0.4, -0.2) is 34.8 Å². The Bertz CT molecular complexity index is 866. The first-order chi connectivity index (χ1) is 12.2. The van der Waals surface area contributed by atoms with Crippen molar-refractivity contribution in [1.82, 2.24) is 14.9 Å². The molecule has 1 aliphatic heterocycles. The van der Waals surface area contributed by atoms with Gasteiger partial charge in [0.1, 0.15) is 12.4 Å². The number of carbonyl (C=O) groups excluding carboxylic acids is 1. The van der Waals surface area contributed by atoms with Crippen molar-refractivity contribution < 1.29 is 19.0 Å². The molecule has 0 spiro atoms. The van der Waals surface area contributed by atoms with Gasteiger partial charge in [-0.05, 0) is 5.56 Å². The maximum atomic E-state index is 12.1. The first kappa shape index (κ1) is 15.3. The van der Waals surface area contributed by atoms with Gasteiger partial charge in [-0.25, -0.2) is 9.78 Å². The van der Waals surface area contributed by atoms with Gasteiger partial charge in [0, 0.05) is 19.2 Å². The Morgan fingerprint density at radius 1 is 1.24 bits per heavy atom. The Kier molecular flexibility index (Phi) is 3.89. The predicted octanol–water partition coefficient (Wildman–Crippen LogP) is 3.06. The Morgan fingerprint density at radius 3 is 2.80 bits per heavy atom. The molecule has 0 radical (unpaired) electrons. The van der Waals surface area contributed by atoms with Crippen LogP contribution in [0, 0.1) is 0 Å². The summed E-state index contributed by atoms with van der Waals surface area (Å²) in [5, 5.41) is 0. The molecule has 0 fully saturated rings. The van der Waals surface area contributed by atoms with Gasteiger partial charge in [-0.2, -0.15) is 0 Å². The first-order valence-corrected chi connectivity index (χ1v) is 7.89. The van der Waals surface area contributed by atoms with Crippen LogP contribution in [-0.2, 0) is 17.9 Å². The van der Waals surface area contributed by atoms with E-state index in [1.807, 2.05) is 42.5 Å². The van der Waals surface area contributed by atoms with Crippen molar-refractivity contribution in [2.24, 2.45) is 0 Å². The van der Waals surface area contributed by atoms with Gasteiger partial charge in [0.15, 0.2) is 11.5 Å². The van der Waals surface area contributed by atoms with E-state index >= 15 is 0 Å². The zero-order valence-electron chi connectivity index (χ0n) is 13.7. The zero-order valence-corrected chi connectivity index (χ0v) is 13.7. The smallest absolute Gasteiger partial charge is 0.410 e. The van der Waals surface area contributed by atoms with Crippen molar-refractivity contribution in [2.45, 2.75) is 13.2 Å². The molecule has 0 saturated carbocycles. The molecule has 0 bridgehead atoms. The van der Waals surface area contributed by atoms with Crippen LogP contribution in [0.15, 0.2) is 42.5 Å². The van der Waals surface area contributed by atoms with Crippen LogP contribution >= 0.6 is 0 Å². The average molecular weight is 339 g/mol. The van der Waals surface area contributed by atoms with Crippen LogP contribution in [0.1, 0.15) is 11.4 Å². The highest BCUT2D eigenvalue weighted by molar-refractivity contribution is 5.80. The number of ether oxygens (including phenoxy) is 3. The highest BCUT2D eigenvalue weighted by Gasteiger charge is 2.18. The van der Waals surface area contributed by atoms with Gasteiger partial charge in [0.05, 0.1) is 17.6 Å². The van der Waals surface area contributed by atoms with E-state index in [4.69, 9.17) is 14.2 Å². The van der Waals surface area contributed by atoms with Gasteiger partial charge in [0.25, 0.3) is 0 Å². The quantitative estimate of drug-likeness (QED) is 0.790. The predicted molar refractivity (Wildman–Crippen MR) is 90.3 cm³/mol. The summed E-state index contributed by atoms with van der Waals surface area (Å²) >= 11 is 0. The molecule has 7 heteroatoms. The number of hydrogen-bond donors (Lipinski definition) is 1. The van der Waals surface area contributed by atoms with Crippen LogP contribution in [0.3, 0.4) is 0 Å². The Balaban J connectivity index is 1.41. The number of benzene rings is 2. The van der Waals surface area contributed by atoms with Crippen LogP contribution in [0.25, 0.3) is 11.0 Å². The lowest BCUT2D eigenvalue weighted by Crippen LogP contribution is -2.27. The first-order valence-electron chi connectivity index (χ1n) is 7.89. The second-order valence-corrected chi connectivity index (χ2v) is 5.80. The molecule has 7 nitrogen and oxygen atoms in total. The minimum absolute atomic E-state index is 0.227. The van der Waals surface area contributed by atoms with Crippen LogP contribution in [0.5, 0.6) is 11.5 Å². The van der Waals surface area contributed by atoms with Crippen molar-refractivity contribution >= 4 is 17.1 Å². The maximum Gasteiger partial charge on any atom is 0.410 e. The number of imidazole rings is 1. The topological polar surface area (TPSA) is 76.7 Å². The normalized spacial score (nSPS) is 12.4. The summed E-state index contributed by atoms with van der Waals surface area (Å²) in [5.74, 6) is 2.04. The number of rotatable bonds is 4. The van der Waals surface area contributed by atoms with Crippen molar-refractivity contribution in [3.05, 3.63) is 53.9 Å². The third-order valence-electron chi connectivity index (χ3n) is 3.93. The molecule has 1 amide bonds. The fourth-order valence-electron chi connectivity index (χ4n) is 2.65. The third-order valence-corrected chi connectivity index (χ3v) is 3.93. The summed E-state index contributed by atoms with van der Waals surface area (Å²) < 4.78 is 16.0. The summed E-state index contributed by atoms with van der Waals surface area (Å²) in [6.45, 7) is 0.783. The minimum atomic E-state index is -0.404. The standard InChI is InChI=1S/C18H17N3O4/c1-21(18(22)23-10-12-5-3-2-4-6-12)9-17-19-13-7-15-16(25-11-24-15)8-14(13)20-17/h2-8H,9-11H2,1H3,(H,19,20). The molecule has 1 aromatic heterocycles. The number of aromatic amines is 1. The highest BCUT2D eigenvalue weighted by Crippen LogP contribution is 2.35. The molecule has 2 heterocycles. The van der Waals surface area contributed by atoms with Crippen molar-refractivity contribution in [1.29, 1.82) is 0 Å². The van der Waals surface area contributed by atoms with Crippen LogP contribution in [0.2, 0.25) is 0 Å². The van der Waals surface area contributed by atoms with Crippen molar-refractivity contribution in [3.63, 3.8) is 0 Å². The molecule has 3 aromatic rings. The number of carbonyl (C=O) groups is 1. The lowest BCUT2D eigenvalue weighted by atomic mass is 10.2. The molecule has 0 aliphatic carbocycles. The molecule has 0 unspecified atom stereocenters. The van der Waals surface area contributed by atoms with Crippen LogP contribution in [0.4, 0.5) is 4.79 Å². The third kappa shape index (κ3) is 3.21. The summed E-state index contributed by atoms with van der Waals surface area (Å²) in [6.07, 6.45) is -0.404. The van der Waals surface area contributed by atoms with Gasteiger partial charge >= 0.3 is 6.09 Å². The Labute approximate surface area is 144 Å². The number of amides is 1. The lowest BCUT2D eigenvalue weighted by Gasteiger charge is -2.15. The fourth-order valence-corrected chi connectivity index (χ4v) is 2.65. The van der Waals surface area contributed by atoms with Crippen molar-refractivity contribution in [3.8, 4) is 11.5 Å². The maximum absolute atomic E-state index is 12.1. The van der Waals surface area contributed by atoms with E-state index in [1.165, 1.54) is 4.90 Å². The monoisotopic (exact) mass is 339 g/mol. The molecular formula is C18H17N3O4. The van der Waals surface area contributed by atoms with E-state index in [-0.39, 0.29) is 13.4 Å². The molecular weight excluding hydrogens is 322 g/mol. The van der Waals surface area contributed by atoms with E-state index in [0.717, 1.165) is 16.6 Å². The zero-order chi connectivity index (χ0) is 17.2. The van der Waals surface area contributed by atoms with Gasteiger partial charge in [0.2, 0.25) is 6.79 Å². The van der Waals surface area contributed by atoms with E-state index in [2.05, 4.69) is 9.97 Å². The minimum Gasteiger partial charge on any atom is -0.454 e. The molecule has 128 valence electrons. The SMILES string of the molecule is CN(Cc1nc2cc3c(cc2[nH]1)OCO3)C(=O)OCc1ccccc1. The highest BCUT2D eigenvalue weighted by atomic mass is 16.7. The average Bonchev–Trinajstić information content (AvgIpc) is 3.23. The molecule has 1 N–H and O–H groups in total. The molecule has 1 aliphatic rings. The van der Waals surface area contributed by atoms with Gasteiger partial charge in [-0.1, -0.05) is 30.3 Å². The van der Waals surface area contributed by atoms with Crippen molar-refractivity contribution in [2.75, 3.05) is 13.8 Å². The molecule has 0 saturated heterocycles. The molecule has 2 aromatic carbocycles. The van der Waals surface area contributed by atoms with Crippen LogP contribution < -0.4 is 9.47 Å². The Morgan fingerprint density at radius 2 is 2.00 bits per heavy atom. The number of hydrogen-bond acceptors (Lipinski definition) is 5. The molecule has 0 atom stereocenters. The second-order valence-electron chi connectivity index (χ2n) is 5.80. The lowest BCUT2D eigenvalue weighted by molar-refractivity contribution is 0.102. The van der Waals surface area contributed by atoms with Gasteiger partial charge < -0.3 is 24.1 Å². The van der Waals surface area contributed by atoms with Gasteiger partial charge in [-0.15, -0.1) is 0 Å². The van der Waals surface area contributed by atoms with E-state index in [0.29, 0.717) is 23.9 Å². The number of nitrogens with zero attached hydrogens (tertiary/aromatic N) is 2. The van der Waals surface area contributed by atoms with Gasteiger partial charge in [-0.3, -0.25) is 0 Å².